The van der Waals surface area contributed by atoms with Crippen molar-refractivity contribution in [1.82, 2.24) is 54.7 Å². The third-order valence-electron chi connectivity index (χ3n) is 18.5. The van der Waals surface area contributed by atoms with Crippen LogP contribution in [0.1, 0.15) is 120 Å². The van der Waals surface area contributed by atoms with E-state index in [4.69, 9.17) is 59.6 Å². The van der Waals surface area contributed by atoms with Gasteiger partial charge >= 0.3 is 7.12 Å². The molecule has 24 nitrogen and oxygen atoms in total. The number of aryl methyl sites for hydroxylation is 9. The number of aliphatic hydroxyl groups is 5. The zero-order chi connectivity index (χ0) is 83.0. The summed E-state index contributed by atoms with van der Waals surface area (Å²) in [5.41, 5.74) is 20.1. The van der Waals surface area contributed by atoms with Gasteiger partial charge in [-0.2, -0.15) is 4.39 Å². The van der Waals surface area contributed by atoms with Crippen molar-refractivity contribution in [3.05, 3.63) is 323 Å². The van der Waals surface area contributed by atoms with Crippen LogP contribution in [0.2, 0.25) is 0 Å². The van der Waals surface area contributed by atoms with E-state index in [0.717, 1.165) is 128 Å². The molecule has 8 N–H and O–H groups in total. The molecule has 0 saturated carbocycles. The van der Waals surface area contributed by atoms with Crippen LogP contribution < -0.4 is 26.1 Å². The van der Waals surface area contributed by atoms with E-state index < -0.39 is 5.95 Å². The van der Waals surface area contributed by atoms with Crippen LogP contribution in [0.3, 0.4) is 0 Å². The van der Waals surface area contributed by atoms with Gasteiger partial charge < -0.3 is 64.5 Å². The fourth-order valence-corrected chi connectivity index (χ4v) is 11.5. The topological polar surface area (TPSA) is 347 Å². The summed E-state index contributed by atoms with van der Waals surface area (Å²) < 4.78 is 44.1. The predicted octanol–water partition coefficient (Wildman–Crippen LogP) is 13.7. The lowest BCUT2D eigenvalue weighted by Gasteiger charge is -2.32. The number of benzene rings is 2. The Morgan fingerprint density at radius 2 is 0.872 bits per heavy atom. The van der Waals surface area contributed by atoms with Gasteiger partial charge in [-0.1, -0.05) is 43.8 Å². The van der Waals surface area contributed by atoms with Gasteiger partial charge in [0.15, 0.2) is 11.3 Å². The molecule has 14 rings (SSSR count). The highest BCUT2D eigenvalue weighted by Gasteiger charge is 2.51. The Balaban J connectivity index is 0.000000189. The molecule has 0 amide bonds. The molecule has 117 heavy (non-hydrogen) atoms. The fourth-order valence-electron chi connectivity index (χ4n) is 11.0. The summed E-state index contributed by atoms with van der Waals surface area (Å²) in [6, 6.07) is 46.0. The van der Waals surface area contributed by atoms with Crippen molar-refractivity contribution in [2.45, 2.75) is 144 Å². The summed E-state index contributed by atoms with van der Waals surface area (Å²) in [6.07, 6.45) is 23.7. The van der Waals surface area contributed by atoms with E-state index in [2.05, 4.69) is 81.7 Å². The highest BCUT2D eigenvalue weighted by atomic mass is 79.9. The van der Waals surface area contributed by atoms with E-state index in [1.807, 2.05) is 188 Å². The van der Waals surface area contributed by atoms with Crippen molar-refractivity contribution in [2.75, 3.05) is 27.2 Å². The van der Waals surface area contributed by atoms with Gasteiger partial charge in [-0.3, -0.25) is 49.7 Å². The number of aromatic hydroxyl groups is 1. The van der Waals surface area contributed by atoms with Gasteiger partial charge in [0.1, 0.15) is 29.4 Å². The van der Waals surface area contributed by atoms with Crippen LogP contribution in [0.15, 0.2) is 232 Å². The number of hydrogen-bond acceptors (Lipinski definition) is 24. The molecule has 28 heteroatoms. The van der Waals surface area contributed by atoms with Crippen molar-refractivity contribution < 1.29 is 58.2 Å². The molecule has 11 aromatic heterocycles. The average Bonchev–Trinajstić information content (AvgIpc) is 1.47. The van der Waals surface area contributed by atoms with E-state index in [1.54, 1.807) is 61.2 Å². The van der Waals surface area contributed by atoms with Crippen molar-refractivity contribution >= 4 is 66.4 Å². The van der Waals surface area contributed by atoms with Crippen molar-refractivity contribution in [3.63, 3.8) is 0 Å². The Bertz CT molecular complexity index is 5040. The molecule has 1 saturated heterocycles. The molecule has 0 spiro atoms. The van der Waals surface area contributed by atoms with Gasteiger partial charge in [-0.15, -0.1) is 0 Å². The lowest BCUT2D eigenvalue weighted by Crippen LogP contribution is -2.41. The largest absolute Gasteiger partial charge is 0.506 e. The number of likely N-dealkylation sites (N-methyl/N-ethyl adjacent to an activating group) is 1. The normalized spacial score (nSPS) is 12.3. The number of rotatable bonds is 25. The molecule has 1 fully saturated rings. The second-order valence-electron chi connectivity index (χ2n) is 28.2. The van der Waals surface area contributed by atoms with Gasteiger partial charge in [-0.25, -0.2) is 4.98 Å². The maximum atomic E-state index is 13.3. The highest BCUT2D eigenvalue weighted by molar-refractivity contribution is 9.10. The molecule has 0 aliphatic carbocycles. The molecular weight excluding hydrogens is 1620 g/mol. The van der Waals surface area contributed by atoms with Crippen molar-refractivity contribution in [1.29, 1.82) is 0 Å². The van der Waals surface area contributed by atoms with E-state index >= 15 is 0 Å². The minimum absolute atomic E-state index is 0. The third-order valence-corrected chi connectivity index (χ3v) is 19.4. The molecule has 12 heterocycles. The molecule has 13 aromatic rings. The molecule has 0 radical (unpaired) electrons. The first kappa shape index (κ1) is 91.9. The van der Waals surface area contributed by atoms with Crippen LogP contribution >= 0.6 is 31.9 Å². The number of ether oxygens (including phenoxy) is 2. The van der Waals surface area contributed by atoms with Crippen LogP contribution in [0, 0.1) is 12.9 Å². The SMILES string of the molecule is C.CC1(C)OB(c2ccc(CCc3ccc(CO)nc3)nc2)OC1(C)C.Cc1cc(OCCN(C)C)c2oc3cc(Oc4ccc(CCc5ccc(CO)nc5)nc4)ccc3c(=O)c2c1.Fc1ccc(Br)cn1.NCc1ccc(CO)nc1.OCc1ccc(CCc2ccc(Br)cn2)cn1.OCc1ccc(CCc2ccc(O)cn2)cn1. The molecule has 0 unspecified atom stereocenters. The minimum atomic E-state index is -0.451. The Hall–Kier alpha value is -10.6. The number of aliphatic hydroxyl groups excluding tert-OH is 5. The number of nitrogens with two attached hydrogens (primary N) is 1. The second-order valence-corrected chi connectivity index (χ2v) is 30.0. The van der Waals surface area contributed by atoms with Gasteiger partial charge in [0, 0.05) is 106 Å². The second kappa shape index (κ2) is 46.4. The number of hydrogen-bond donors (Lipinski definition) is 7. The van der Waals surface area contributed by atoms with E-state index in [-0.39, 0.29) is 70.0 Å². The van der Waals surface area contributed by atoms with Crippen LogP contribution in [0.4, 0.5) is 4.39 Å². The number of aromatic nitrogens is 10. The summed E-state index contributed by atoms with van der Waals surface area (Å²) in [5.74, 6) is 1.41. The number of fused-ring (bicyclic) bond motifs is 2. The molecule has 2 aromatic carbocycles. The molecule has 1 aliphatic rings. The lowest BCUT2D eigenvalue weighted by atomic mass is 9.80. The molecule has 0 atom stereocenters. The Morgan fingerprint density at radius 1 is 0.462 bits per heavy atom. The van der Waals surface area contributed by atoms with Crippen LogP contribution in [-0.4, -0.2) is 131 Å². The summed E-state index contributed by atoms with van der Waals surface area (Å²) in [7, 11) is 3.59. The van der Waals surface area contributed by atoms with E-state index in [9.17, 15) is 9.18 Å². The van der Waals surface area contributed by atoms with Crippen molar-refractivity contribution in [3.8, 4) is 23.0 Å². The van der Waals surface area contributed by atoms with Crippen LogP contribution in [0.25, 0.3) is 21.9 Å². The zero-order valence-corrected chi connectivity index (χ0v) is 69.0. The highest BCUT2D eigenvalue weighted by Crippen LogP contribution is 2.37. The molecule has 1 aliphatic heterocycles. The monoisotopic (exact) mass is 1720 g/mol. The first-order valence-corrected chi connectivity index (χ1v) is 39.2. The Morgan fingerprint density at radius 3 is 1.25 bits per heavy atom. The van der Waals surface area contributed by atoms with Gasteiger partial charge in [0.2, 0.25) is 11.4 Å². The predicted molar refractivity (Wildman–Crippen MR) is 458 cm³/mol. The molecular formula is C89H100BBr2FN12O12. The standard InChI is InChI=1S/C31H31N3O5.C19H25BN2O3.C13H13BrN2O.C13H14N2O2.C7H10N2O.C5H3BrFN.CH4/c1-20-14-27-30(36)26-11-10-24(16-28(26)39-31(27)29(15-20)37-13-12-34(2)3)38-25-9-8-22(33-18-25)6-4-21-5-7-23(19-35)32-17-21;1-18(2)19(3,4)25-20(24-18)15-7-10-16(22-12-15)8-5-14-6-9-17(13-23)21-11-14;14-11-3-6-12(16-8-11)4-1-10-2-5-13(9-17)15-7-10;16-9-12-4-2-10(7-14-12)1-3-11-5-6-13(17)8-15-11;8-3-6-1-2-7(5-10)9-4-6;6-4-1-2-5(7)8-3-4;/h5,7-11,14-18,35H,4,6,12-13,19H2,1-3H3;6-7,9-12,23H,5,8,13H2,1-4H3;2-3,5-8,17H,1,4,9H2;2,4-8,16-17H,1,3,9H2;1-2,4,10H,3,5,8H2;1-3H;1H4. The molecule has 0 bridgehead atoms. The van der Waals surface area contributed by atoms with Crippen LogP contribution in [0.5, 0.6) is 23.0 Å². The third kappa shape index (κ3) is 29.5. The zero-order valence-electron chi connectivity index (χ0n) is 65.9. The average molecular weight is 1720 g/mol. The maximum Gasteiger partial charge on any atom is 0.496 e. The Labute approximate surface area is 698 Å². The van der Waals surface area contributed by atoms with Gasteiger partial charge in [-0.05, 0) is 275 Å². The van der Waals surface area contributed by atoms with E-state index in [1.165, 1.54) is 18.5 Å². The number of pyridine rings is 10. The number of halogens is 3. The first-order valence-electron chi connectivity index (χ1n) is 37.6. The lowest BCUT2D eigenvalue weighted by molar-refractivity contribution is 0.00578. The van der Waals surface area contributed by atoms with E-state index in [0.29, 0.717) is 80.8 Å². The van der Waals surface area contributed by atoms with Crippen LogP contribution in [-0.2, 0) is 100 Å². The number of nitrogens with zero attached hydrogens (tertiary/aromatic N) is 11. The summed E-state index contributed by atoms with van der Waals surface area (Å²) >= 11 is 6.48. The first-order chi connectivity index (χ1) is 55.9. The summed E-state index contributed by atoms with van der Waals surface area (Å²) in [6.45, 7) is 11.7. The molecule has 612 valence electrons. The van der Waals surface area contributed by atoms with Gasteiger partial charge in [0.25, 0.3) is 0 Å². The maximum absolute atomic E-state index is 13.3. The Kier molecular flexibility index (Phi) is 36.4. The summed E-state index contributed by atoms with van der Waals surface area (Å²) in [4.78, 5) is 56.8. The summed E-state index contributed by atoms with van der Waals surface area (Å²) in [5, 5.41) is 54.6. The van der Waals surface area contributed by atoms with Crippen molar-refractivity contribution in [2.24, 2.45) is 5.73 Å². The fraction of sp³-hybridized carbons (Fsp3) is 0.292. The quantitative estimate of drug-likeness (QED) is 0.0159. The van der Waals surface area contributed by atoms with Gasteiger partial charge in [0.05, 0.1) is 95.9 Å². The smallest absolute Gasteiger partial charge is 0.496 e. The minimum Gasteiger partial charge on any atom is -0.506 e.